The van der Waals surface area contributed by atoms with Crippen molar-refractivity contribution in [1.29, 1.82) is 0 Å². The number of hydrogen-bond donors (Lipinski definition) is 1. The molecule has 0 aliphatic rings. The van der Waals surface area contributed by atoms with Gasteiger partial charge in [0.05, 0.1) is 0 Å². The fourth-order valence-electron chi connectivity index (χ4n) is 1.97. The molecule has 0 heterocycles. The summed E-state index contributed by atoms with van der Waals surface area (Å²) < 4.78 is 0. The standard InChI is InChI=1S/C16H23ClN2O2/c1-12(2)18-16(21)9-11-19(13(3)20)10-8-14-4-6-15(17)7-5-14/h4-7,12H,8-11H2,1-3H3,(H,18,21). The predicted octanol–water partition coefficient (Wildman–Crippen LogP) is 2.65. The van der Waals surface area contributed by atoms with Crippen molar-refractivity contribution in [2.45, 2.75) is 39.7 Å². The van der Waals surface area contributed by atoms with Crippen LogP contribution in [0.3, 0.4) is 0 Å². The van der Waals surface area contributed by atoms with E-state index in [1.54, 1.807) is 4.90 Å². The average molecular weight is 311 g/mol. The minimum Gasteiger partial charge on any atom is -0.354 e. The second-order valence-corrected chi connectivity index (χ2v) is 5.79. The molecule has 2 amide bonds. The van der Waals surface area contributed by atoms with Gasteiger partial charge in [0, 0.05) is 37.5 Å². The number of nitrogens with one attached hydrogen (secondary N) is 1. The van der Waals surface area contributed by atoms with Gasteiger partial charge in [0.1, 0.15) is 0 Å². The van der Waals surface area contributed by atoms with Gasteiger partial charge >= 0.3 is 0 Å². The van der Waals surface area contributed by atoms with Crippen molar-refractivity contribution in [3.05, 3.63) is 34.9 Å². The van der Waals surface area contributed by atoms with Gasteiger partial charge in [0.2, 0.25) is 11.8 Å². The molecule has 0 radical (unpaired) electrons. The maximum absolute atomic E-state index is 11.6. The molecule has 1 aromatic rings. The van der Waals surface area contributed by atoms with Crippen LogP contribution in [-0.4, -0.2) is 35.8 Å². The zero-order valence-electron chi connectivity index (χ0n) is 12.9. The topological polar surface area (TPSA) is 49.4 Å². The van der Waals surface area contributed by atoms with Gasteiger partial charge in [-0.25, -0.2) is 0 Å². The fourth-order valence-corrected chi connectivity index (χ4v) is 2.10. The summed E-state index contributed by atoms with van der Waals surface area (Å²) in [6.45, 7) is 6.41. The average Bonchev–Trinajstić information content (AvgIpc) is 2.39. The Kier molecular flexibility index (Phi) is 7.23. The lowest BCUT2D eigenvalue weighted by molar-refractivity contribution is -0.129. The zero-order chi connectivity index (χ0) is 15.8. The molecule has 1 rings (SSSR count). The molecule has 0 bridgehead atoms. The van der Waals surface area contributed by atoms with Crippen molar-refractivity contribution < 1.29 is 9.59 Å². The highest BCUT2D eigenvalue weighted by Crippen LogP contribution is 2.10. The lowest BCUT2D eigenvalue weighted by Gasteiger charge is -2.21. The summed E-state index contributed by atoms with van der Waals surface area (Å²) in [5, 5.41) is 3.53. The van der Waals surface area contributed by atoms with Crippen LogP contribution >= 0.6 is 11.6 Å². The molecule has 4 nitrogen and oxygen atoms in total. The molecule has 1 N–H and O–H groups in total. The normalized spacial score (nSPS) is 10.5. The first kappa shape index (κ1) is 17.5. The van der Waals surface area contributed by atoms with E-state index in [1.807, 2.05) is 38.1 Å². The van der Waals surface area contributed by atoms with Crippen molar-refractivity contribution in [3.63, 3.8) is 0 Å². The summed E-state index contributed by atoms with van der Waals surface area (Å²) in [5.41, 5.74) is 1.12. The summed E-state index contributed by atoms with van der Waals surface area (Å²) >= 11 is 5.84. The molecule has 116 valence electrons. The first-order chi connectivity index (χ1) is 9.88. The number of rotatable bonds is 7. The second kappa shape index (κ2) is 8.67. The van der Waals surface area contributed by atoms with Crippen LogP contribution in [0.1, 0.15) is 32.8 Å². The fraction of sp³-hybridized carbons (Fsp3) is 0.500. The van der Waals surface area contributed by atoms with Crippen molar-refractivity contribution in [1.82, 2.24) is 10.2 Å². The van der Waals surface area contributed by atoms with Crippen molar-refractivity contribution in [2.24, 2.45) is 0 Å². The summed E-state index contributed by atoms with van der Waals surface area (Å²) in [6, 6.07) is 7.70. The smallest absolute Gasteiger partial charge is 0.221 e. The van der Waals surface area contributed by atoms with Crippen molar-refractivity contribution in [3.8, 4) is 0 Å². The van der Waals surface area contributed by atoms with Crippen LogP contribution in [0, 0.1) is 0 Å². The molecule has 21 heavy (non-hydrogen) atoms. The van der Waals surface area contributed by atoms with Gasteiger partial charge in [-0.15, -0.1) is 0 Å². The minimum atomic E-state index is -0.0252. The number of carbonyl (C=O) groups excluding carboxylic acids is 2. The van der Waals surface area contributed by atoms with Gasteiger partial charge in [-0.05, 0) is 38.0 Å². The van der Waals surface area contributed by atoms with E-state index in [0.717, 1.165) is 12.0 Å². The number of nitrogens with zero attached hydrogens (tertiary/aromatic N) is 1. The molecule has 0 atom stereocenters. The van der Waals surface area contributed by atoms with Crippen LogP contribution in [0.5, 0.6) is 0 Å². The third-order valence-corrected chi connectivity index (χ3v) is 3.34. The molecule has 0 unspecified atom stereocenters. The van der Waals surface area contributed by atoms with Gasteiger partial charge in [-0.3, -0.25) is 9.59 Å². The summed E-state index contributed by atoms with van der Waals surface area (Å²) in [6.07, 6.45) is 1.08. The molecule has 5 heteroatoms. The quantitative estimate of drug-likeness (QED) is 0.841. The number of hydrogen-bond acceptors (Lipinski definition) is 2. The minimum absolute atomic E-state index is 0.0127. The maximum Gasteiger partial charge on any atom is 0.221 e. The number of amides is 2. The predicted molar refractivity (Wildman–Crippen MR) is 85.3 cm³/mol. The second-order valence-electron chi connectivity index (χ2n) is 5.35. The Hall–Kier alpha value is -1.55. The monoisotopic (exact) mass is 310 g/mol. The Labute approximate surface area is 131 Å². The van der Waals surface area contributed by atoms with Gasteiger partial charge in [-0.1, -0.05) is 23.7 Å². The molecular formula is C16H23ClN2O2. The van der Waals surface area contributed by atoms with E-state index in [-0.39, 0.29) is 17.9 Å². The highest BCUT2D eigenvalue weighted by Gasteiger charge is 2.11. The summed E-state index contributed by atoms with van der Waals surface area (Å²) in [7, 11) is 0. The largest absolute Gasteiger partial charge is 0.354 e. The van der Waals surface area contributed by atoms with E-state index in [0.29, 0.717) is 24.5 Å². The van der Waals surface area contributed by atoms with Crippen molar-refractivity contribution in [2.75, 3.05) is 13.1 Å². The maximum atomic E-state index is 11.6. The number of benzene rings is 1. The molecular weight excluding hydrogens is 288 g/mol. The number of halogens is 1. The van der Waals surface area contributed by atoms with E-state index < -0.39 is 0 Å². The van der Waals surface area contributed by atoms with Gasteiger partial charge in [-0.2, -0.15) is 0 Å². The van der Waals surface area contributed by atoms with Crippen LogP contribution < -0.4 is 5.32 Å². The summed E-state index contributed by atoms with van der Waals surface area (Å²) in [5.74, 6) is -0.0379. The van der Waals surface area contributed by atoms with Gasteiger partial charge in [0.15, 0.2) is 0 Å². The van der Waals surface area contributed by atoms with Crippen LogP contribution in [0.25, 0.3) is 0 Å². The SMILES string of the molecule is CC(=O)N(CCC(=O)NC(C)C)CCc1ccc(Cl)cc1. The Bertz CT molecular complexity index is 472. The molecule has 0 fully saturated rings. The molecule has 1 aromatic carbocycles. The van der Waals surface area contributed by atoms with E-state index in [1.165, 1.54) is 6.92 Å². The molecule has 0 aliphatic heterocycles. The highest BCUT2D eigenvalue weighted by atomic mass is 35.5. The first-order valence-corrected chi connectivity index (χ1v) is 7.55. The van der Waals surface area contributed by atoms with E-state index in [9.17, 15) is 9.59 Å². The van der Waals surface area contributed by atoms with Crippen LogP contribution in [-0.2, 0) is 16.0 Å². The number of carbonyl (C=O) groups is 2. The Morgan fingerprint density at radius 1 is 1.19 bits per heavy atom. The van der Waals surface area contributed by atoms with Crippen LogP contribution in [0.15, 0.2) is 24.3 Å². The van der Waals surface area contributed by atoms with E-state index in [4.69, 9.17) is 11.6 Å². The van der Waals surface area contributed by atoms with E-state index >= 15 is 0 Å². The Morgan fingerprint density at radius 3 is 2.33 bits per heavy atom. The third kappa shape index (κ3) is 7.14. The molecule has 0 spiro atoms. The first-order valence-electron chi connectivity index (χ1n) is 7.18. The van der Waals surface area contributed by atoms with Crippen LogP contribution in [0.2, 0.25) is 5.02 Å². The summed E-state index contributed by atoms with van der Waals surface area (Å²) in [4.78, 5) is 25.0. The van der Waals surface area contributed by atoms with Crippen molar-refractivity contribution >= 4 is 23.4 Å². The zero-order valence-corrected chi connectivity index (χ0v) is 13.6. The van der Waals surface area contributed by atoms with Gasteiger partial charge in [0.25, 0.3) is 0 Å². The van der Waals surface area contributed by atoms with E-state index in [2.05, 4.69) is 5.32 Å². The lowest BCUT2D eigenvalue weighted by atomic mass is 10.1. The van der Waals surface area contributed by atoms with Crippen LogP contribution in [0.4, 0.5) is 0 Å². The highest BCUT2D eigenvalue weighted by molar-refractivity contribution is 6.30. The molecule has 0 aliphatic carbocycles. The third-order valence-electron chi connectivity index (χ3n) is 3.09. The lowest BCUT2D eigenvalue weighted by Crippen LogP contribution is -2.37. The molecule has 0 aromatic heterocycles. The molecule has 0 saturated heterocycles. The molecule has 0 saturated carbocycles. The Morgan fingerprint density at radius 2 is 1.81 bits per heavy atom. The Balaban J connectivity index is 2.45. The van der Waals surface area contributed by atoms with Gasteiger partial charge < -0.3 is 10.2 Å².